The Hall–Kier alpha value is -1.41. The number of allylic oxidation sites excluding steroid dienone is 3. The van der Waals surface area contributed by atoms with Crippen LogP contribution in [-0.4, -0.2) is 6.61 Å². The minimum atomic E-state index is -0.105. The Morgan fingerprint density at radius 1 is 0.966 bits per heavy atom. The summed E-state index contributed by atoms with van der Waals surface area (Å²) in [6.45, 7) is 5.14. The highest BCUT2D eigenvalue weighted by atomic mass is 19.1. The summed E-state index contributed by atoms with van der Waals surface area (Å²) in [6.07, 6.45) is 20.3. The number of hydrogen-bond donors (Lipinski definition) is 0. The van der Waals surface area contributed by atoms with E-state index in [9.17, 15) is 4.39 Å². The third kappa shape index (κ3) is 6.54. The first-order valence-corrected chi connectivity index (χ1v) is 11.8. The van der Waals surface area contributed by atoms with Crippen LogP contribution in [0.3, 0.4) is 0 Å². The van der Waals surface area contributed by atoms with Crippen LogP contribution in [0.25, 0.3) is 0 Å². The van der Waals surface area contributed by atoms with Gasteiger partial charge in [0, 0.05) is 5.56 Å². The molecule has 160 valence electrons. The average molecular weight is 399 g/mol. The summed E-state index contributed by atoms with van der Waals surface area (Å²) in [7, 11) is 0. The number of rotatable bonds is 8. The highest BCUT2D eigenvalue weighted by Gasteiger charge is 2.30. The highest BCUT2D eigenvalue weighted by molar-refractivity contribution is 5.27. The predicted molar refractivity (Wildman–Crippen MR) is 120 cm³/mol. The monoisotopic (exact) mass is 398 g/mol. The first-order valence-electron chi connectivity index (χ1n) is 11.8. The Morgan fingerprint density at radius 2 is 1.66 bits per heavy atom. The molecule has 0 unspecified atom stereocenters. The zero-order chi connectivity index (χ0) is 20.5. The minimum Gasteiger partial charge on any atom is -0.373 e. The lowest BCUT2D eigenvalue weighted by Crippen LogP contribution is -2.25. The smallest absolute Gasteiger partial charge is 0.129 e. The number of hydrogen-bond acceptors (Lipinski definition) is 1. The fraction of sp³-hybridized carbons (Fsp3) is 0.630. The molecule has 1 aromatic carbocycles. The van der Waals surface area contributed by atoms with Gasteiger partial charge in [-0.25, -0.2) is 4.39 Å². The number of benzene rings is 1. The summed E-state index contributed by atoms with van der Waals surface area (Å²) >= 11 is 0. The summed E-state index contributed by atoms with van der Waals surface area (Å²) in [6, 6.07) is 5.84. The standard InChI is InChI=1S/C27H39FO/c1-3-5-6-18-29-20-26-17-16-25(19-27(26)28)24-14-12-23(13-15-24)22-10-8-21(7-4-2)9-11-22/h4-7,16-17,19,21-24H,3,8-15,18,20H2,1-2H3. The van der Waals surface area contributed by atoms with Gasteiger partial charge in [-0.2, -0.15) is 0 Å². The van der Waals surface area contributed by atoms with Crippen LogP contribution in [0.1, 0.15) is 88.7 Å². The van der Waals surface area contributed by atoms with Gasteiger partial charge in [0.2, 0.25) is 0 Å². The van der Waals surface area contributed by atoms with Crippen molar-refractivity contribution in [3.05, 3.63) is 59.4 Å². The molecule has 0 saturated heterocycles. The molecule has 2 aliphatic rings. The van der Waals surface area contributed by atoms with Crippen LogP contribution in [0, 0.1) is 23.6 Å². The lowest BCUT2D eigenvalue weighted by Gasteiger charge is -2.37. The maximum atomic E-state index is 14.5. The molecular formula is C27H39FO. The lowest BCUT2D eigenvalue weighted by atomic mass is 9.68. The molecule has 1 nitrogen and oxygen atoms in total. The summed E-state index contributed by atoms with van der Waals surface area (Å²) in [5, 5.41) is 0. The Morgan fingerprint density at radius 3 is 2.28 bits per heavy atom. The van der Waals surface area contributed by atoms with Gasteiger partial charge in [0.1, 0.15) is 5.82 Å². The van der Waals surface area contributed by atoms with Gasteiger partial charge in [-0.15, -0.1) is 0 Å². The van der Waals surface area contributed by atoms with E-state index in [1.165, 1.54) is 56.9 Å². The van der Waals surface area contributed by atoms with Crippen LogP contribution in [0.2, 0.25) is 0 Å². The third-order valence-electron chi connectivity index (χ3n) is 7.14. The van der Waals surface area contributed by atoms with Crippen molar-refractivity contribution in [1.82, 2.24) is 0 Å². The molecule has 0 heterocycles. The molecule has 1 aromatic rings. The van der Waals surface area contributed by atoms with E-state index in [2.05, 4.69) is 38.1 Å². The van der Waals surface area contributed by atoms with Crippen molar-refractivity contribution in [3.63, 3.8) is 0 Å². The summed E-state index contributed by atoms with van der Waals surface area (Å²) in [4.78, 5) is 0. The van der Waals surface area contributed by atoms with E-state index < -0.39 is 0 Å². The minimum absolute atomic E-state index is 0.105. The predicted octanol–water partition coefficient (Wildman–Crippen LogP) is 7.96. The van der Waals surface area contributed by atoms with E-state index in [-0.39, 0.29) is 5.82 Å². The summed E-state index contributed by atoms with van der Waals surface area (Å²) < 4.78 is 20.1. The van der Waals surface area contributed by atoms with Crippen molar-refractivity contribution in [2.24, 2.45) is 17.8 Å². The van der Waals surface area contributed by atoms with Crippen LogP contribution >= 0.6 is 0 Å². The third-order valence-corrected chi connectivity index (χ3v) is 7.14. The van der Waals surface area contributed by atoms with E-state index in [1.54, 1.807) is 6.07 Å². The van der Waals surface area contributed by atoms with Gasteiger partial charge < -0.3 is 4.74 Å². The zero-order valence-electron chi connectivity index (χ0n) is 18.4. The lowest BCUT2D eigenvalue weighted by molar-refractivity contribution is 0.145. The van der Waals surface area contributed by atoms with Gasteiger partial charge in [-0.3, -0.25) is 0 Å². The second-order valence-electron chi connectivity index (χ2n) is 9.06. The molecule has 0 bridgehead atoms. The zero-order valence-corrected chi connectivity index (χ0v) is 18.4. The maximum absolute atomic E-state index is 14.5. The average Bonchev–Trinajstić information content (AvgIpc) is 2.75. The molecule has 0 N–H and O–H groups in total. The Kier molecular flexibility index (Phi) is 8.98. The van der Waals surface area contributed by atoms with E-state index in [0.29, 0.717) is 24.7 Å². The van der Waals surface area contributed by atoms with Crippen molar-refractivity contribution >= 4 is 0 Å². The molecular weight excluding hydrogens is 359 g/mol. The van der Waals surface area contributed by atoms with Crippen LogP contribution in [-0.2, 0) is 11.3 Å². The van der Waals surface area contributed by atoms with E-state index in [0.717, 1.165) is 24.2 Å². The first kappa shape index (κ1) is 22.3. The second-order valence-corrected chi connectivity index (χ2v) is 9.06. The van der Waals surface area contributed by atoms with Crippen LogP contribution < -0.4 is 0 Å². The van der Waals surface area contributed by atoms with Crippen LogP contribution in [0.5, 0.6) is 0 Å². The first-order chi connectivity index (χ1) is 14.2. The van der Waals surface area contributed by atoms with Crippen LogP contribution in [0.15, 0.2) is 42.5 Å². The fourth-order valence-corrected chi connectivity index (χ4v) is 5.41. The van der Waals surface area contributed by atoms with Gasteiger partial charge in [-0.1, -0.05) is 43.4 Å². The van der Waals surface area contributed by atoms with Crippen LogP contribution in [0.4, 0.5) is 4.39 Å². The molecule has 0 radical (unpaired) electrons. The topological polar surface area (TPSA) is 9.23 Å². The van der Waals surface area contributed by atoms with Gasteiger partial charge in [0.25, 0.3) is 0 Å². The largest absolute Gasteiger partial charge is 0.373 e. The van der Waals surface area contributed by atoms with Crippen molar-refractivity contribution in [3.8, 4) is 0 Å². The van der Waals surface area contributed by atoms with Gasteiger partial charge in [-0.05, 0) is 100 Å². The molecule has 0 amide bonds. The molecule has 3 rings (SSSR count). The number of halogens is 1. The van der Waals surface area contributed by atoms with E-state index in [1.807, 2.05) is 12.1 Å². The molecule has 29 heavy (non-hydrogen) atoms. The fourth-order valence-electron chi connectivity index (χ4n) is 5.41. The van der Waals surface area contributed by atoms with Gasteiger partial charge in [0.05, 0.1) is 13.2 Å². The quantitative estimate of drug-likeness (QED) is 0.319. The molecule has 2 heteroatoms. The number of ether oxygens (including phenoxy) is 1. The van der Waals surface area contributed by atoms with Crippen molar-refractivity contribution < 1.29 is 9.13 Å². The Balaban J connectivity index is 1.45. The summed E-state index contributed by atoms with van der Waals surface area (Å²) in [5.74, 6) is 3.07. The normalized spacial score (nSPS) is 28.4. The maximum Gasteiger partial charge on any atom is 0.129 e. The van der Waals surface area contributed by atoms with Crippen molar-refractivity contribution in [2.45, 2.75) is 84.2 Å². The molecule has 0 aliphatic heterocycles. The van der Waals surface area contributed by atoms with E-state index in [4.69, 9.17) is 4.74 Å². The van der Waals surface area contributed by atoms with Gasteiger partial charge in [0.15, 0.2) is 0 Å². The SMILES string of the molecule is CC=CC1CCC(C2CCC(c3ccc(COCC=CCC)c(F)c3)CC2)CC1. The molecule has 2 aliphatic carbocycles. The molecule has 2 fully saturated rings. The Bertz CT molecular complexity index is 661. The molecule has 0 aromatic heterocycles. The second kappa shape index (κ2) is 11.7. The highest BCUT2D eigenvalue weighted by Crippen LogP contribution is 2.44. The summed E-state index contributed by atoms with van der Waals surface area (Å²) in [5.41, 5.74) is 1.86. The van der Waals surface area contributed by atoms with E-state index >= 15 is 0 Å². The van der Waals surface area contributed by atoms with Gasteiger partial charge >= 0.3 is 0 Å². The van der Waals surface area contributed by atoms with Crippen molar-refractivity contribution in [1.29, 1.82) is 0 Å². The molecule has 0 spiro atoms. The Labute approximate surface area is 177 Å². The molecule has 2 saturated carbocycles. The van der Waals surface area contributed by atoms with Crippen molar-refractivity contribution in [2.75, 3.05) is 6.61 Å². The molecule has 0 atom stereocenters.